The fraction of sp³-hybridized carbons (Fsp3) is 0.444. The molecule has 1 amide bonds. The molecule has 0 radical (unpaired) electrons. The zero-order chi connectivity index (χ0) is 17.7. The van der Waals surface area contributed by atoms with E-state index in [2.05, 4.69) is 4.98 Å². The first-order valence-corrected chi connectivity index (χ1v) is 9.04. The molecular formula is C18H25N3O2S. The van der Waals surface area contributed by atoms with Crippen LogP contribution in [0.1, 0.15) is 27.7 Å². The number of amides is 1. The molecular weight excluding hydrogens is 322 g/mol. The van der Waals surface area contributed by atoms with Crippen LogP contribution >= 0.6 is 11.8 Å². The number of hydrogen-bond acceptors (Lipinski definition) is 4. The molecule has 0 aliphatic rings. The number of hydrogen-bond donors (Lipinski definition) is 0. The predicted octanol–water partition coefficient (Wildman–Crippen LogP) is 3.62. The summed E-state index contributed by atoms with van der Waals surface area (Å²) in [5.41, 5.74) is 0.993. The van der Waals surface area contributed by atoms with E-state index < -0.39 is 0 Å². The lowest BCUT2D eigenvalue weighted by molar-refractivity contribution is -0.131. The minimum absolute atomic E-state index is 0.134. The van der Waals surface area contributed by atoms with Gasteiger partial charge in [-0.05, 0) is 52.0 Å². The molecule has 1 aromatic heterocycles. The smallest absolute Gasteiger partial charge is 0.233 e. The van der Waals surface area contributed by atoms with Crippen molar-refractivity contribution in [2.24, 2.45) is 0 Å². The van der Waals surface area contributed by atoms with E-state index in [1.54, 1.807) is 13.3 Å². The number of nitrogens with zero attached hydrogens (tertiary/aromatic N) is 3. The van der Waals surface area contributed by atoms with Gasteiger partial charge in [0.1, 0.15) is 5.75 Å². The van der Waals surface area contributed by atoms with Gasteiger partial charge in [-0.15, -0.1) is 0 Å². The molecule has 24 heavy (non-hydrogen) atoms. The fourth-order valence-corrected chi connectivity index (χ4v) is 3.55. The van der Waals surface area contributed by atoms with Crippen molar-refractivity contribution >= 4 is 17.7 Å². The minimum Gasteiger partial charge on any atom is -0.497 e. The second kappa shape index (κ2) is 8.24. The molecule has 0 saturated carbocycles. The Kier molecular flexibility index (Phi) is 6.31. The Morgan fingerprint density at radius 1 is 1.21 bits per heavy atom. The molecule has 0 bridgehead atoms. The summed E-state index contributed by atoms with van der Waals surface area (Å²) in [6.07, 6.45) is 3.65. The first-order valence-electron chi connectivity index (χ1n) is 8.05. The number of methoxy groups -OCH3 is 1. The first-order chi connectivity index (χ1) is 11.4. The SMILES string of the molecule is COc1ccc(-n2ccnc2SCC(=O)N(C(C)C)C(C)C)cc1. The number of benzene rings is 1. The Hall–Kier alpha value is -1.95. The van der Waals surface area contributed by atoms with Crippen LogP contribution in [0.15, 0.2) is 41.8 Å². The summed E-state index contributed by atoms with van der Waals surface area (Å²) < 4.78 is 7.17. The largest absolute Gasteiger partial charge is 0.497 e. The summed E-state index contributed by atoms with van der Waals surface area (Å²) >= 11 is 1.46. The topological polar surface area (TPSA) is 47.4 Å². The van der Waals surface area contributed by atoms with Crippen LogP contribution < -0.4 is 4.74 Å². The average molecular weight is 347 g/mol. The molecule has 0 fully saturated rings. The minimum atomic E-state index is 0.134. The number of rotatable bonds is 7. The van der Waals surface area contributed by atoms with E-state index >= 15 is 0 Å². The van der Waals surface area contributed by atoms with Crippen LogP contribution in [-0.4, -0.2) is 45.3 Å². The molecule has 2 rings (SSSR count). The molecule has 1 heterocycles. The van der Waals surface area contributed by atoms with Crippen LogP contribution in [0.25, 0.3) is 5.69 Å². The molecule has 130 valence electrons. The molecule has 2 aromatic rings. The normalized spacial score (nSPS) is 11.1. The van der Waals surface area contributed by atoms with Gasteiger partial charge in [0.25, 0.3) is 0 Å². The lowest BCUT2D eigenvalue weighted by Gasteiger charge is -2.30. The standard InChI is InChI=1S/C18H25N3O2S/c1-13(2)21(14(3)4)17(22)12-24-18-19-10-11-20(18)15-6-8-16(23-5)9-7-15/h6-11,13-14H,12H2,1-5H3. The van der Waals surface area contributed by atoms with Crippen LogP contribution in [0.3, 0.4) is 0 Å². The van der Waals surface area contributed by atoms with Gasteiger partial charge in [0.05, 0.1) is 12.9 Å². The third-order valence-electron chi connectivity index (χ3n) is 3.68. The fourth-order valence-electron chi connectivity index (χ4n) is 2.71. The molecule has 0 unspecified atom stereocenters. The second-order valence-electron chi connectivity index (χ2n) is 6.06. The van der Waals surface area contributed by atoms with Crippen molar-refractivity contribution in [3.63, 3.8) is 0 Å². The summed E-state index contributed by atoms with van der Waals surface area (Å²) in [5.74, 6) is 1.32. The van der Waals surface area contributed by atoms with E-state index in [-0.39, 0.29) is 18.0 Å². The highest BCUT2D eigenvalue weighted by Gasteiger charge is 2.20. The van der Waals surface area contributed by atoms with Gasteiger partial charge in [-0.3, -0.25) is 9.36 Å². The van der Waals surface area contributed by atoms with Gasteiger partial charge in [0.15, 0.2) is 5.16 Å². The van der Waals surface area contributed by atoms with Crippen molar-refractivity contribution in [3.8, 4) is 11.4 Å². The lowest BCUT2D eigenvalue weighted by Crippen LogP contribution is -2.43. The highest BCUT2D eigenvalue weighted by Crippen LogP contribution is 2.23. The highest BCUT2D eigenvalue weighted by molar-refractivity contribution is 7.99. The van der Waals surface area contributed by atoms with E-state index in [0.717, 1.165) is 16.6 Å². The molecule has 0 spiro atoms. The number of carbonyl (C=O) groups excluding carboxylic acids is 1. The van der Waals surface area contributed by atoms with E-state index in [1.807, 2.05) is 67.6 Å². The third-order valence-corrected chi connectivity index (χ3v) is 4.63. The van der Waals surface area contributed by atoms with Crippen molar-refractivity contribution in [3.05, 3.63) is 36.7 Å². The zero-order valence-electron chi connectivity index (χ0n) is 14.9. The van der Waals surface area contributed by atoms with Crippen LogP contribution in [0, 0.1) is 0 Å². The molecule has 0 aliphatic heterocycles. The first kappa shape index (κ1) is 18.4. The summed E-state index contributed by atoms with van der Waals surface area (Å²) in [6.45, 7) is 8.17. The predicted molar refractivity (Wildman–Crippen MR) is 98.0 cm³/mol. The van der Waals surface area contributed by atoms with Crippen molar-refractivity contribution in [2.75, 3.05) is 12.9 Å². The Morgan fingerprint density at radius 2 is 1.83 bits per heavy atom. The van der Waals surface area contributed by atoms with Crippen molar-refractivity contribution < 1.29 is 9.53 Å². The van der Waals surface area contributed by atoms with Crippen molar-refractivity contribution in [1.82, 2.24) is 14.5 Å². The maximum Gasteiger partial charge on any atom is 0.233 e. The van der Waals surface area contributed by atoms with Gasteiger partial charge >= 0.3 is 0 Å². The van der Waals surface area contributed by atoms with Crippen LogP contribution in [-0.2, 0) is 4.79 Å². The van der Waals surface area contributed by atoms with Crippen LogP contribution in [0.2, 0.25) is 0 Å². The van der Waals surface area contributed by atoms with Crippen molar-refractivity contribution in [2.45, 2.75) is 44.9 Å². The Bertz CT molecular complexity index is 657. The van der Waals surface area contributed by atoms with Gasteiger partial charge in [0.2, 0.25) is 5.91 Å². The number of thioether (sulfide) groups is 1. The molecule has 1 aromatic carbocycles. The molecule has 0 N–H and O–H groups in total. The summed E-state index contributed by atoms with van der Waals surface area (Å²) in [5, 5.41) is 0.806. The third kappa shape index (κ3) is 4.32. The van der Waals surface area contributed by atoms with Gasteiger partial charge < -0.3 is 9.64 Å². The van der Waals surface area contributed by atoms with Gasteiger partial charge in [-0.25, -0.2) is 4.98 Å². The highest BCUT2D eigenvalue weighted by atomic mass is 32.2. The molecule has 0 aliphatic carbocycles. The van der Waals surface area contributed by atoms with Crippen LogP contribution in [0.4, 0.5) is 0 Å². The summed E-state index contributed by atoms with van der Waals surface area (Å²) in [4.78, 5) is 18.8. The summed E-state index contributed by atoms with van der Waals surface area (Å²) in [6, 6.07) is 8.16. The van der Waals surface area contributed by atoms with Gasteiger partial charge in [-0.1, -0.05) is 11.8 Å². The zero-order valence-corrected chi connectivity index (χ0v) is 15.7. The monoisotopic (exact) mass is 347 g/mol. The lowest BCUT2D eigenvalue weighted by atomic mass is 10.2. The van der Waals surface area contributed by atoms with Gasteiger partial charge in [-0.2, -0.15) is 0 Å². The average Bonchev–Trinajstić information content (AvgIpc) is 3.00. The quantitative estimate of drug-likeness (QED) is 0.718. The number of ether oxygens (including phenoxy) is 1. The number of imidazole rings is 1. The Morgan fingerprint density at radius 3 is 2.38 bits per heavy atom. The maximum atomic E-state index is 12.5. The molecule has 0 atom stereocenters. The van der Waals surface area contributed by atoms with E-state index in [4.69, 9.17) is 4.74 Å². The Labute approximate surface area is 148 Å². The maximum absolute atomic E-state index is 12.5. The van der Waals surface area contributed by atoms with Crippen LogP contribution in [0.5, 0.6) is 5.75 Å². The summed E-state index contributed by atoms with van der Waals surface area (Å²) in [7, 11) is 1.65. The van der Waals surface area contributed by atoms with Gasteiger partial charge in [0, 0.05) is 30.2 Å². The van der Waals surface area contributed by atoms with E-state index in [1.165, 1.54) is 11.8 Å². The van der Waals surface area contributed by atoms with E-state index in [0.29, 0.717) is 5.75 Å². The Balaban J connectivity index is 2.09. The molecule has 5 nitrogen and oxygen atoms in total. The van der Waals surface area contributed by atoms with E-state index in [9.17, 15) is 4.79 Å². The number of carbonyl (C=O) groups is 1. The number of aromatic nitrogens is 2. The van der Waals surface area contributed by atoms with Crippen molar-refractivity contribution in [1.29, 1.82) is 0 Å². The molecule has 6 heteroatoms. The second-order valence-corrected chi connectivity index (χ2v) is 7.00. The molecule has 0 saturated heterocycles.